The van der Waals surface area contributed by atoms with Gasteiger partial charge >= 0.3 is 11.9 Å². The number of carbonyl (C=O) groups excluding carboxylic acids is 2. The number of carbonyl (C=O) groups is 2. The molecule has 214 valence electrons. The SMILES string of the molecule is CCCCCCCC(=O)Oc1ccc([C@H]2Oc3cc(O)cc(O)c3C[C@H]2O)cc1OC(=O)CCCCCCC. The maximum Gasteiger partial charge on any atom is 0.311 e. The minimum Gasteiger partial charge on any atom is -0.508 e. The zero-order chi connectivity index (χ0) is 28.2. The Balaban J connectivity index is 1.76. The summed E-state index contributed by atoms with van der Waals surface area (Å²) in [6, 6.07) is 7.31. The Kier molecular flexibility index (Phi) is 11.9. The van der Waals surface area contributed by atoms with Gasteiger partial charge in [0, 0.05) is 37.0 Å². The van der Waals surface area contributed by atoms with Gasteiger partial charge in [-0.15, -0.1) is 0 Å². The van der Waals surface area contributed by atoms with Crippen LogP contribution in [0.25, 0.3) is 0 Å². The van der Waals surface area contributed by atoms with E-state index in [4.69, 9.17) is 14.2 Å². The van der Waals surface area contributed by atoms with Crippen molar-refractivity contribution in [2.75, 3.05) is 0 Å². The molecule has 0 radical (unpaired) electrons. The van der Waals surface area contributed by atoms with Gasteiger partial charge in [-0.1, -0.05) is 71.3 Å². The van der Waals surface area contributed by atoms with Crippen LogP contribution in [0.3, 0.4) is 0 Å². The molecular weight excluding hydrogens is 500 g/mol. The summed E-state index contributed by atoms with van der Waals surface area (Å²) in [6.45, 7) is 4.27. The Bertz CT molecular complexity index is 1100. The monoisotopic (exact) mass is 542 g/mol. The summed E-state index contributed by atoms with van der Waals surface area (Å²) in [4.78, 5) is 25.2. The van der Waals surface area contributed by atoms with E-state index in [1.54, 1.807) is 18.2 Å². The summed E-state index contributed by atoms with van der Waals surface area (Å²) in [5.41, 5.74) is 0.900. The van der Waals surface area contributed by atoms with Crippen LogP contribution >= 0.6 is 0 Å². The zero-order valence-corrected chi connectivity index (χ0v) is 23.1. The first-order chi connectivity index (χ1) is 18.8. The summed E-state index contributed by atoms with van der Waals surface area (Å²) in [5, 5.41) is 30.8. The molecule has 0 bridgehead atoms. The van der Waals surface area contributed by atoms with Crippen molar-refractivity contribution < 1.29 is 39.1 Å². The number of benzene rings is 2. The number of hydrogen-bond donors (Lipinski definition) is 3. The fraction of sp³-hybridized carbons (Fsp3) is 0.548. The second-order valence-electron chi connectivity index (χ2n) is 10.2. The topological polar surface area (TPSA) is 123 Å². The lowest BCUT2D eigenvalue weighted by Crippen LogP contribution is -2.30. The number of aliphatic hydroxyl groups is 1. The molecule has 2 aromatic rings. The number of rotatable bonds is 15. The molecule has 8 nitrogen and oxygen atoms in total. The summed E-state index contributed by atoms with van der Waals surface area (Å²) in [7, 11) is 0. The van der Waals surface area contributed by atoms with E-state index in [0.29, 0.717) is 17.5 Å². The molecule has 1 aliphatic heterocycles. The van der Waals surface area contributed by atoms with Crippen LogP contribution < -0.4 is 14.2 Å². The van der Waals surface area contributed by atoms with Crippen LogP contribution in [-0.2, 0) is 16.0 Å². The Morgan fingerprint density at radius 2 is 1.41 bits per heavy atom. The van der Waals surface area contributed by atoms with Gasteiger partial charge in [0.25, 0.3) is 0 Å². The van der Waals surface area contributed by atoms with Crippen molar-refractivity contribution in [3.8, 4) is 28.7 Å². The van der Waals surface area contributed by atoms with Crippen LogP contribution in [0.1, 0.15) is 108 Å². The predicted octanol–water partition coefficient (Wildman–Crippen LogP) is 6.67. The standard InChI is InChI=1S/C31H42O8/c1-3-5-7-9-11-13-29(35)37-26-16-15-21(17-28(26)38-30(36)14-12-10-8-6-4-2)31-25(34)20-23-24(33)18-22(32)19-27(23)39-31/h15-19,25,31-34H,3-14,20H2,1-2H3/t25-,31-/m1/s1. The van der Waals surface area contributed by atoms with Gasteiger partial charge in [0.15, 0.2) is 11.5 Å². The fourth-order valence-electron chi connectivity index (χ4n) is 4.71. The lowest BCUT2D eigenvalue weighted by atomic mass is 9.94. The molecule has 0 aromatic heterocycles. The first kappa shape index (κ1) is 30.3. The smallest absolute Gasteiger partial charge is 0.311 e. The first-order valence-electron chi connectivity index (χ1n) is 14.3. The number of fused-ring (bicyclic) bond motifs is 1. The highest BCUT2D eigenvalue weighted by molar-refractivity contribution is 5.76. The second-order valence-corrected chi connectivity index (χ2v) is 10.2. The van der Waals surface area contributed by atoms with Crippen LogP contribution in [0.2, 0.25) is 0 Å². The average molecular weight is 543 g/mol. The van der Waals surface area contributed by atoms with E-state index in [2.05, 4.69) is 13.8 Å². The van der Waals surface area contributed by atoms with Gasteiger partial charge in [0.05, 0.1) is 6.10 Å². The molecule has 1 aliphatic rings. The molecule has 0 fully saturated rings. The lowest BCUT2D eigenvalue weighted by Gasteiger charge is -2.31. The Morgan fingerprint density at radius 1 is 0.821 bits per heavy atom. The molecule has 0 saturated heterocycles. The average Bonchev–Trinajstić information content (AvgIpc) is 2.89. The van der Waals surface area contributed by atoms with E-state index in [-0.39, 0.29) is 48.0 Å². The number of ether oxygens (including phenoxy) is 3. The minimum atomic E-state index is -1.01. The third-order valence-electron chi connectivity index (χ3n) is 6.90. The molecule has 2 aromatic carbocycles. The third kappa shape index (κ3) is 9.17. The summed E-state index contributed by atoms with van der Waals surface area (Å²) in [6.07, 6.45) is 8.70. The van der Waals surface area contributed by atoms with Crippen molar-refractivity contribution in [2.45, 2.75) is 110 Å². The lowest BCUT2D eigenvalue weighted by molar-refractivity contribution is -0.137. The Labute approximate surface area is 230 Å². The molecule has 3 N–H and O–H groups in total. The molecule has 0 unspecified atom stereocenters. The maximum atomic E-state index is 12.6. The van der Waals surface area contributed by atoms with Gasteiger partial charge in [-0.2, -0.15) is 0 Å². The number of aromatic hydroxyl groups is 2. The van der Waals surface area contributed by atoms with Crippen molar-refractivity contribution in [1.82, 2.24) is 0 Å². The van der Waals surface area contributed by atoms with Crippen molar-refractivity contribution in [3.05, 3.63) is 41.5 Å². The van der Waals surface area contributed by atoms with E-state index in [0.717, 1.165) is 57.8 Å². The third-order valence-corrected chi connectivity index (χ3v) is 6.90. The molecule has 1 heterocycles. The highest BCUT2D eigenvalue weighted by Crippen LogP contribution is 2.43. The summed E-state index contributed by atoms with van der Waals surface area (Å²) in [5.74, 6) is -0.661. The van der Waals surface area contributed by atoms with E-state index in [1.165, 1.54) is 12.1 Å². The van der Waals surface area contributed by atoms with Gasteiger partial charge in [-0.25, -0.2) is 0 Å². The van der Waals surface area contributed by atoms with E-state index in [1.807, 2.05) is 0 Å². The van der Waals surface area contributed by atoms with Crippen molar-refractivity contribution >= 4 is 11.9 Å². The van der Waals surface area contributed by atoms with Crippen LogP contribution in [0, 0.1) is 0 Å². The minimum absolute atomic E-state index is 0.0887. The number of aliphatic hydroxyl groups excluding tert-OH is 1. The van der Waals surface area contributed by atoms with Gasteiger partial charge in [-0.3, -0.25) is 9.59 Å². The highest BCUT2D eigenvalue weighted by Gasteiger charge is 2.33. The molecule has 8 heteroatoms. The quantitative estimate of drug-likeness (QED) is 0.130. The van der Waals surface area contributed by atoms with Crippen LogP contribution in [0.4, 0.5) is 0 Å². The van der Waals surface area contributed by atoms with Crippen LogP contribution in [0.5, 0.6) is 28.7 Å². The summed E-state index contributed by atoms with van der Waals surface area (Å²) >= 11 is 0. The molecule has 0 aliphatic carbocycles. The number of unbranched alkanes of at least 4 members (excludes halogenated alkanes) is 8. The second kappa shape index (κ2) is 15.4. The van der Waals surface area contributed by atoms with Crippen LogP contribution in [-0.4, -0.2) is 33.4 Å². The highest BCUT2D eigenvalue weighted by atomic mass is 16.6. The number of hydrogen-bond acceptors (Lipinski definition) is 8. The van der Waals surface area contributed by atoms with Gasteiger partial charge in [0.1, 0.15) is 23.4 Å². The van der Waals surface area contributed by atoms with Crippen molar-refractivity contribution in [3.63, 3.8) is 0 Å². The van der Waals surface area contributed by atoms with Gasteiger partial charge in [-0.05, 0) is 30.5 Å². The Morgan fingerprint density at radius 3 is 2.03 bits per heavy atom. The molecule has 0 amide bonds. The van der Waals surface area contributed by atoms with Crippen molar-refractivity contribution in [1.29, 1.82) is 0 Å². The van der Waals surface area contributed by atoms with Crippen molar-refractivity contribution in [2.24, 2.45) is 0 Å². The first-order valence-corrected chi connectivity index (χ1v) is 14.3. The molecule has 0 saturated carbocycles. The largest absolute Gasteiger partial charge is 0.508 e. The molecule has 0 spiro atoms. The fourth-order valence-corrected chi connectivity index (χ4v) is 4.71. The normalized spacial score (nSPS) is 16.3. The number of phenols is 2. The molecule has 2 atom stereocenters. The zero-order valence-electron chi connectivity index (χ0n) is 23.1. The summed E-state index contributed by atoms with van der Waals surface area (Å²) < 4.78 is 17.2. The maximum absolute atomic E-state index is 12.6. The molecule has 39 heavy (non-hydrogen) atoms. The number of phenolic OH excluding ortho intramolecular Hbond substituents is 2. The Hall–Kier alpha value is -3.26. The number of esters is 2. The van der Waals surface area contributed by atoms with Crippen LogP contribution in [0.15, 0.2) is 30.3 Å². The van der Waals surface area contributed by atoms with E-state index < -0.39 is 24.1 Å². The predicted molar refractivity (Wildman–Crippen MR) is 147 cm³/mol. The molecule has 3 rings (SSSR count). The van der Waals surface area contributed by atoms with Gasteiger partial charge in [0.2, 0.25) is 0 Å². The van der Waals surface area contributed by atoms with Gasteiger partial charge < -0.3 is 29.5 Å². The van der Waals surface area contributed by atoms with E-state index in [9.17, 15) is 24.9 Å². The van der Waals surface area contributed by atoms with E-state index >= 15 is 0 Å². The molecular formula is C31H42O8.